The van der Waals surface area contributed by atoms with E-state index in [1.54, 1.807) is 25.6 Å². The molecule has 0 bridgehead atoms. The lowest BCUT2D eigenvalue weighted by Gasteiger charge is -2.15. The molecule has 0 saturated heterocycles. The molecule has 0 aliphatic heterocycles. The van der Waals surface area contributed by atoms with Crippen LogP contribution in [0.3, 0.4) is 0 Å². The first-order valence-corrected chi connectivity index (χ1v) is 10.1. The highest BCUT2D eigenvalue weighted by Crippen LogP contribution is 2.37. The number of halogens is 1. The van der Waals surface area contributed by atoms with Crippen molar-refractivity contribution in [2.24, 2.45) is 0 Å². The molecule has 3 rings (SSSR count). The summed E-state index contributed by atoms with van der Waals surface area (Å²) in [7, 11) is 5.35. The average molecular weight is 442 g/mol. The number of carbonyl (C=O) groups is 2. The topological polar surface area (TPSA) is 116 Å². The van der Waals surface area contributed by atoms with E-state index in [-0.39, 0.29) is 12.2 Å². The third-order valence-electron chi connectivity index (χ3n) is 4.95. The number of rotatable bonds is 8. The minimum atomic E-state index is -0.841. The van der Waals surface area contributed by atoms with Crippen LogP contribution in [0.5, 0.6) is 0 Å². The number of hydrogen-bond donors (Lipinski definition) is 4. The predicted octanol–water partition coefficient (Wildman–Crippen LogP) is 4.31. The van der Waals surface area contributed by atoms with Gasteiger partial charge in [0.2, 0.25) is 0 Å². The summed E-state index contributed by atoms with van der Waals surface area (Å²) in [4.78, 5) is 27.9. The van der Waals surface area contributed by atoms with Gasteiger partial charge in [-0.3, -0.25) is 9.78 Å². The minimum absolute atomic E-state index is 0.0960. The molecule has 3 aromatic rings. The van der Waals surface area contributed by atoms with Crippen LogP contribution in [0.4, 0.5) is 21.6 Å². The molecule has 170 valence electrons. The lowest BCUT2D eigenvalue weighted by Crippen LogP contribution is -2.01. The molecule has 1 aromatic carbocycles. The van der Waals surface area contributed by atoms with Crippen molar-refractivity contribution in [2.45, 2.75) is 26.2 Å². The maximum atomic E-state index is 15.1. The Kier molecular flexibility index (Phi) is 8.88. The van der Waals surface area contributed by atoms with Crippen molar-refractivity contribution in [3.8, 4) is 11.1 Å². The van der Waals surface area contributed by atoms with Gasteiger partial charge in [-0.05, 0) is 36.4 Å². The van der Waals surface area contributed by atoms with Crippen LogP contribution < -0.4 is 16.0 Å². The van der Waals surface area contributed by atoms with Crippen LogP contribution >= 0.6 is 0 Å². The summed E-state index contributed by atoms with van der Waals surface area (Å²) in [5.41, 5.74) is 3.55. The smallest absolute Gasteiger partial charge is 0.303 e. The van der Waals surface area contributed by atoms with Gasteiger partial charge in [-0.25, -0.2) is 9.37 Å². The van der Waals surface area contributed by atoms with Crippen molar-refractivity contribution in [3.63, 3.8) is 0 Å². The summed E-state index contributed by atoms with van der Waals surface area (Å²) in [5.74, 6) is -0.407. The zero-order valence-electron chi connectivity index (χ0n) is 18.6. The van der Waals surface area contributed by atoms with Crippen LogP contribution in [0.2, 0.25) is 0 Å². The highest BCUT2D eigenvalue weighted by molar-refractivity contribution is 5.99. The second-order valence-corrected chi connectivity index (χ2v) is 6.97. The van der Waals surface area contributed by atoms with Crippen LogP contribution in [0.25, 0.3) is 21.9 Å². The number of nitrogens with one attached hydrogen (secondary N) is 3. The number of aromatic nitrogens is 2. The van der Waals surface area contributed by atoms with Crippen LogP contribution in [0.15, 0.2) is 30.7 Å². The summed E-state index contributed by atoms with van der Waals surface area (Å²) in [6, 6.07) is 3.75. The highest BCUT2D eigenvalue weighted by atomic mass is 19.1. The minimum Gasteiger partial charge on any atom is -0.481 e. The van der Waals surface area contributed by atoms with E-state index in [4.69, 9.17) is 5.11 Å². The van der Waals surface area contributed by atoms with E-state index in [0.717, 1.165) is 39.7 Å². The SMILES string of the molecule is CNc1cc2cc(-c3cncc(NC)c3C)c(F)c(NC)c2cn1.O=CCCCC(=O)O. The molecule has 0 aliphatic rings. The number of hydrogen-bond acceptors (Lipinski definition) is 7. The summed E-state index contributed by atoms with van der Waals surface area (Å²) in [6.45, 7) is 1.96. The van der Waals surface area contributed by atoms with E-state index in [1.165, 1.54) is 0 Å². The fourth-order valence-electron chi connectivity index (χ4n) is 3.23. The van der Waals surface area contributed by atoms with Crippen molar-refractivity contribution in [3.05, 3.63) is 42.1 Å². The number of aliphatic carboxylic acids is 1. The number of carboxylic acid groups (broad SMARTS) is 1. The standard InChI is InChI=1S/C18H20FN5.C5H8O3/c1-10-13(7-23-9-15(10)20-2)12-5-11-6-16(21-3)24-8-14(11)18(22-4)17(12)19;6-4-2-1-3-5(7)8/h5-9,20,22H,1-4H3,(H,21,24);4H,1-3H2,(H,7,8). The van der Waals surface area contributed by atoms with Crippen molar-refractivity contribution >= 4 is 40.2 Å². The molecule has 4 N–H and O–H groups in total. The molecule has 0 fully saturated rings. The van der Waals surface area contributed by atoms with E-state index in [0.29, 0.717) is 24.1 Å². The molecule has 0 aliphatic carbocycles. The monoisotopic (exact) mass is 441 g/mol. The Morgan fingerprint density at radius 1 is 1.09 bits per heavy atom. The van der Waals surface area contributed by atoms with E-state index in [1.807, 2.05) is 33.2 Å². The third kappa shape index (κ3) is 5.69. The first-order valence-electron chi connectivity index (χ1n) is 10.1. The third-order valence-corrected chi connectivity index (χ3v) is 4.95. The quantitative estimate of drug-likeness (QED) is 0.302. The van der Waals surface area contributed by atoms with E-state index in [9.17, 15) is 9.59 Å². The summed E-state index contributed by atoms with van der Waals surface area (Å²) in [6.07, 6.45) is 6.74. The molecule has 0 saturated carbocycles. The first-order chi connectivity index (χ1) is 15.4. The van der Waals surface area contributed by atoms with E-state index >= 15 is 4.39 Å². The Balaban J connectivity index is 0.000000390. The van der Waals surface area contributed by atoms with Gasteiger partial charge in [-0.1, -0.05) is 0 Å². The summed E-state index contributed by atoms with van der Waals surface area (Å²) < 4.78 is 15.1. The average Bonchev–Trinajstić information content (AvgIpc) is 2.79. The fraction of sp³-hybridized carbons (Fsp3) is 0.304. The Morgan fingerprint density at radius 3 is 2.44 bits per heavy atom. The molecule has 0 radical (unpaired) electrons. The maximum Gasteiger partial charge on any atom is 0.303 e. The van der Waals surface area contributed by atoms with Crippen LogP contribution in [0, 0.1) is 12.7 Å². The summed E-state index contributed by atoms with van der Waals surface area (Å²) in [5, 5.41) is 18.7. The zero-order chi connectivity index (χ0) is 23.7. The van der Waals surface area contributed by atoms with Gasteiger partial charge in [0.15, 0.2) is 5.82 Å². The maximum absolute atomic E-state index is 15.1. The van der Waals surface area contributed by atoms with Gasteiger partial charge in [0.25, 0.3) is 0 Å². The Labute approximate surface area is 186 Å². The zero-order valence-corrected chi connectivity index (χ0v) is 18.6. The van der Waals surface area contributed by atoms with E-state index < -0.39 is 5.97 Å². The highest BCUT2D eigenvalue weighted by Gasteiger charge is 2.17. The van der Waals surface area contributed by atoms with Crippen LogP contribution in [0.1, 0.15) is 24.8 Å². The molecule has 8 nitrogen and oxygen atoms in total. The number of anilines is 3. The largest absolute Gasteiger partial charge is 0.481 e. The number of nitrogens with zero attached hydrogens (tertiary/aromatic N) is 2. The molecule has 0 amide bonds. The van der Waals surface area contributed by atoms with Crippen LogP contribution in [-0.4, -0.2) is 48.5 Å². The van der Waals surface area contributed by atoms with Gasteiger partial charge in [-0.15, -0.1) is 0 Å². The van der Waals surface area contributed by atoms with Gasteiger partial charge in [0, 0.05) is 62.9 Å². The molecule has 32 heavy (non-hydrogen) atoms. The number of fused-ring (bicyclic) bond motifs is 1. The predicted molar refractivity (Wildman–Crippen MR) is 126 cm³/mol. The molecule has 0 unspecified atom stereocenters. The number of aldehydes is 1. The van der Waals surface area contributed by atoms with Crippen LogP contribution in [-0.2, 0) is 9.59 Å². The first kappa shape index (κ1) is 24.5. The lowest BCUT2D eigenvalue weighted by molar-refractivity contribution is -0.137. The Hall–Kier alpha value is -3.75. The van der Waals surface area contributed by atoms with Gasteiger partial charge in [0.1, 0.15) is 12.1 Å². The normalized spacial score (nSPS) is 10.2. The van der Waals surface area contributed by atoms with Crippen molar-refractivity contribution in [2.75, 3.05) is 37.1 Å². The number of unbranched alkanes of at least 4 members (excludes halogenated alkanes) is 1. The van der Waals surface area contributed by atoms with Gasteiger partial charge >= 0.3 is 5.97 Å². The number of pyridine rings is 2. The molecule has 0 atom stereocenters. The van der Waals surface area contributed by atoms with E-state index in [2.05, 4.69) is 25.9 Å². The lowest BCUT2D eigenvalue weighted by atomic mass is 9.97. The molecule has 9 heteroatoms. The summed E-state index contributed by atoms with van der Waals surface area (Å²) >= 11 is 0. The molecular formula is C23H28FN5O3. The van der Waals surface area contributed by atoms with Crippen molar-refractivity contribution < 1.29 is 19.1 Å². The molecular weight excluding hydrogens is 413 g/mol. The second kappa shape index (κ2) is 11.6. The number of carboxylic acids is 1. The van der Waals surface area contributed by atoms with Crippen molar-refractivity contribution in [1.29, 1.82) is 0 Å². The fourth-order valence-corrected chi connectivity index (χ4v) is 3.23. The second-order valence-electron chi connectivity index (χ2n) is 6.97. The molecule has 2 heterocycles. The number of carbonyl (C=O) groups excluding carboxylic acids is 1. The molecule has 2 aromatic heterocycles. The Bertz CT molecular complexity index is 1100. The van der Waals surface area contributed by atoms with Gasteiger partial charge in [-0.2, -0.15) is 0 Å². The number of benzene rings is 1. The Morgan fingerprint density at radius 2 is 1.84 bits per heavy atom. The molecule has 0 spiro atoms. The van der Waals surface area contributed by atoms with Gasteiger partial charge in [0.05, 0.1) is 17.6 Å². The van der Waals surface area contributed by atoms with Crippen molar-refractivity contribution in [1.82, 2.24) is 9.97 Å². The van der Waals surface area contributed by atoms with Gasteiger partial charge < -0.3 is 25.9 Å².